The van der Waals surface area contributed by atoms with Gasteiger partial charge in [0.15, 0.2) is 5.78 Å². The van der Waals surface area contributed by atoms with Gasteiger partial charge in [0.1, 0.15) is 5.60 Å². The van der Waals surface area contributed by atoms with Crippen molar-refractivity contribution in [2.75, 3.05) is 6.61 Å². The minimum atomic E-state index is -0.688. The monoisotopic (exact) mass is 234 g/mol. The van der Waals surface area contributed by atoms with Crippen molar-refractivity contribution < 1.29 is 9.53 Å². The van der Waals surface area contributed by atoms with E-state index >= 15 is 0 Å². The molecule has 0 heterocycles. The van der Waals surface area contributed by atoms with Crippen molar-refractivity contribution in [3.8, 4) is 0 Å². The van der Waals surface area contributed by atoms with E-state index in [0.717, 1.165) is 5.56 Å². The summed E-state index contributed by atoms with van der Waals surface area (Å²) in [6.45, 7) is 10.2. The van der Waals surface area contributed by atoms with Crippen LogP contribution >= 0.6 is 0 Å². The van der Waals surface area contributed by atoms with E-state index in [0.29, 0.717) is 13.0 Å². The fraction of sp³-hybridized carbons (Fsp3) is 0.533. The molecule has 0 spiro atoms. The van der Waals surface area contributed by atoms with Gasteiger partial charge in [0.2, 0.25) is 0 Å². The van der Waals surface area contributed by atoms with Crippen molar-refractivity contribution in [3.63, 3.8) is 0 Å². The Hall–Kier alpha value is -1.15. The molecule has 0 aliphatic heterocycles. The summed E-state index contributed by atoms with van der Waals surface area (Å²) < 4.78 is 5.47. The molecule has 0 aromatic heterocycles. The van der Waals surface area contributed by atoms with Crippen molar-refractivity contribution >= 4 is 5.78 Å². The van der Waals surface area contributed by atoms with Crippen LogP contribution in [0.1, 0.15) is 37.5 Å². The maximum Gasteiger partial charge on any atom is 0.168 e. The van der Waals surface area contributed by atoms with E-state index in [4.69, 9.17) is 4.74 Å². The summed E-state index contributed by atoms with van der Waals surface area (Å²) in [7, 11) is 0. The number of rotatable bonds is 5. The van der Waals surface area contributed by atoms with Crippen LogP contribution in [0, 0.1) is 13.8 Å². The van der Waals surface area contributed by atoms with Crippen molar-refractivity contribution in [1.29, 1.82) is 0 Å². The first-order valence-electron chi connectivity index (χ1n) is 6.09. The first-order valence-corrected chi connectivity index (χ1v) is 6.09. The Morgan fingerprint density at radius 1 is 1.18 bits per heavy atom. The van der Waals surface area contributed by atoms with Crippen molar-refractivity contribution in [3.05, 3.63) is 34.9 Å². The van der Waals surface area contributed by atoms with Crippen LogP contribution in [0.5, 0.6) is 0 Å². The molecule has 0 aliphatic carbocycles. The van der Waals surface area contributed by atoms with Gasteiger partial charge in [-0.1, -0.05) is 29.3 Å². The lowest BCUT2D eigenvalue weighted by Crippen LogP contribution is -2.36. The zero-order valence-electron chi connectivity index (χ0n) is 11.5. The van der Waals surface area contributed by atoms with Crippen LogP contribution < -0.4 is 0 Å². The summed E-state index contributed by atoms with van der Waals surface area (Å²) in [6.07, 6.45) is 0.440. The molecule has 0 atom stereocenters. The van der Waals surface area contributed by atoms with E-state index in [2.05, 4.69) is 32.0 Å². The van der Waals surface area contributed by atoms with E-state index in [9.17, 15) is 4.79 Å². The number of ether oxygens (including phenoxy) is 1. The number of carbonyl (C=O) groups is 1. The van der Waals surface area contributed by atoms with Gasteiger partial charge in [-0.2, -0.15) is 0 Å². The molecule has 0 N–H and O–H groups in total. The van der Waals surface area contributed by atoms with Gasteiger partial charge >= 0.3 is 0 Å². The second-order valence-electron chi connectivity index (χ2n) is 5.04. The Kier molecular flexibility index (Phi) is 4.47. The van der Waals surface area contributed by atoms with Gasteiger partial charge in [-0.15, -0.1) is 0 Å². The second-order valence-corrected chi connectivity index (χ2v) is 5.04. The van der Waals surface area contributed by atoms with Crippen LogP contribution in [0.25, 0.3) is 0 Å². The third-order valence-electron chi connectivity index (χ3n) is 2.82. The van der Waals surface area contributed by atoms with E-state index in [1.54, 1.807) is 0 Å². The minimum absolute atomic E-state index is 0.129. The molecule has 2 nitrogen and oxygen atoms in total. The molecule has 0 saturated heterocycles. The Bertz CT molecular complexity index is 385. The average Bonchev–Trinajstić information content (AvgIpc) is 2.15. The molecule has 94 valence electrons. The third kappa shape index (κ3) is 3.97. The van der Waals surface area contributed by atoms with Crippen LogP contribution in [0.15, 0.2) is 18.2 Å². The van der Waals surface area contributed by atoms with Gasteiger partial charge in [0.05, 0.1) is 0 Å². The second kappa shape index (κ2) is 5.46. The average molecular weight is 234 g/mol. The lowest BCUT2D eigenvalue weighted by molar-refractivity contribution is -0.139. The van der Waals surface area contributed by atoms with Crippen LogP contribution in [0.4, 0.5) is 0 Å². The fourth-order valence-electron chi connectivity index (χ4n) is 2.01. The molecule has 0 unspecified atom stereocenters. The molecular weight excluding hydrogens is 212 g/mol. The molecule has 0 fully saturated rings. The summed E-state index contributed by atoms with van der Waals surface area (Å²) in [5, 5.41) is 0. The Morgan fingerprint density at radius 2 is 1.71 bits per heavy atom. The van der Waals surface area contributed by atoms with E-state index in [1.165, 1.54) is 11.1 Å². The molecule has 1 rings (SSSR count). The zero-order chi connectivity index (χ0) is 13.1. The summed E-state index contributed by atoms with van der Waals surface area (Å²) in [5.41, 5.74) is 2.77. The SMILES string of the molecule is CCOC(C)(C)C(=O)Cc1cc(C)cc(C)c1. The van der Waals surface area contributed by atoms with Crippen LogP contribution in [0.2, 0.25) is 0 Å². The zero-order valence-corrected chi connectivity index (χ0v) is 11.5. The normalized spacial score (nSPS) is 11.6. The predicted molar refractivity (Wildman–Crippen MR) is 70.3 cm³/mol. The van der Waals surface area contributed by atoms with Gasteiger partial charge in [-0.25, -0.2) is 0 Å². The van der Waals surface area contributed by atoms with E-state index in [-0.39, 0.29) is 5.78 Å². The first kappa shape index (κ1) is 13.9. The van der Waals surface area contributed by atoms with Crippen molar-refractivity contribution in [2.45, 2.75) is 46.6 Å². The summed E-state index contributed by atoms with van der Waals surface area (Å²) >= 11 is 0. The fourth-order valence-corrected chi connectivity index (χ4v) is 2.01. The molecule has 0 saturated carbocycles. The number of carbonyl (C=O) groups excluding carboxylic acids is 1. The maximum atomic E-state index is 12.1. The predicted octanol–water partition coefficient (Wildman–Crippen LogP) is 3.23. The van der Waals surface area contributed by atoms with E-state index < -0.39 is 5.60 Å². The van der Waals surface area contributed by atoms with Crippen molar-refractivity contribution in [2.24, 2.45) is 0 Å². The molecular formula is C15H22O2. The Morgan fingerprint density at radius 3 is 2.18 bits per heavy atom. The number of ketones is 1. The maximum absolute atomic E-state index is 12.1. The lowest BCUT2D eigenvalue weighted by Gasteiger charge is -2.23. The van der Waals surface area contributed by atoms with Gasteiger partial charge in [-0.3, -0.25) is 4.79 Å². The van der Waals surface area contributed by atoms with Gasteiger partial charge in [0, 0.05) is 13.0 Å². The topological polar surface area (TPSA) is 26.3 Å². The highest BCUT2D eigenvalue weighted by atomic mass is 16.5. The molecule has 0 bridgehead atoms. The molecule has 0 amide bonds. The number of Topliss-reactive ketones (excluding diaryl/α,β-unsaturated/α-hetero) is 1. The molecule has 17 heavy (non-hydrogen) atoms. The molecule has 0 radical (unpaired) electrons. The van der Waals surface area contributed by atoms with Crippen LogP contribution in [-0.4, -0.2) is 18.0 Å². The molecule has 1 aromatic carbocycles. The quantitative estimate of drug-likeness (QED) is 0.782. The number of aryl methyl sites for hydroxylation is 2. The summed E-state index contributed by atoms with van der Waals surface area (Å²) in [4.78, 5) is 12.1. The highest BCUT2D eigenvalue weighted by Crippen LogP contribution is 2.16. The highest BCUT2D eigenvalue weighted by Gasteiger charge is 2.27. The summed E-state index contributed by atoms with van der Waals surface area (Å²) in [5.74, 6) is 0.129. The number of benzene rings is 1. The molecule has 0 aliphatic rings. The van der Waals surface area contributed by atoms with Crippen LogP contribution in [0.3, 0.4) is 0 Å². The molecule has 2 heteroatoms. The lowest BCUT2D eigenvalue weighted by atomic mass is 9.95. The largest absolute Gasteiger partial charge is 0.368 e. The van der Waals surface area contributed by atoms with E-state index in [1.807, 2.05) is 20.8 Å². The standard InChI is InChI=1S/C15H22O2/c1-6-17-15(4,5)14(16)10-13-8-11(2)7-12(3)9-13/h7-9H,6,10H2,1-5H3. The number of hydrogen-bond donors (Lipinski definition) is 0. The first-order chi connectivity index (χ1) is 7.85. The van der Waals surface area contributed by atoms with Gasteiger partial charge < -0.3 is 4.74 Å². The summed E-state index contributed by atoms with van der Waals surface area (Å²) in [6, 6.07) is 6.24. The highest BCUT2D eigenvalue weighted by molar-refractivity contribution is 5.88. The van der Waals surface area contributed by atoms with Gasteiger partial charge in [-0.05, 0) is 40.2 Å². The van der Waals surface area contributed by atoms with Gasteiger partial charge in [0.25, 0.3) is 0 Å². The number of hydrogen-bond acceptors (Lipinski definition) is 2. The molecule has 1 aromatic rings. The minimum Gasteiger partial charge on any atom is -0.368 e. The Balaban J connectivity index is 2.80. The van der Waals surface area contributed by atoms with Crippen LogP contribution in [-0.2, 0) is 16.0 Å². The Labute approximate surface area is 104 Å². The third-order valence-corrected chi connectivity index (χ3v) is 2.82. The van der Waals surface area contributed by atoms with Crippen molar-refractivity contribution in [1.82, 2.24) is 0 Å². The smallest absolute Gasteiger partial charge is 0.168 e.